The van der Waals surface area contributed by atoms with Crippen LogP contribution in [-0.4, -0.2) is 65.8 Å². The summed E-state index contributed by atoms with van der Waals surface area (Å²) in [6.07, 6.45) is 1.30. The molecule has 10 nitrogen and oxygen atoms in total. The predicted molar refractivity (Wildman–Crippen MR) is 125 cm³/mol. The van der Waals surface area contributed by atoms with E-state index >= 15 is 0 Å². The summed E-state index contributed by atoms with van der Waals surface area (Å²) >= 11 is 0. The molecule has 0 N–H and O–H groups in total. The smallest absolute Gasteiger partial charge is 0.337 e. The molecule has 1 aromatic heterocycles. The van der Waals surface area contributed by atoms with E-state index in [0.717, 1.165) is 0 Å². The molecule has 10 heteroatoms. The molecule has 186 valence electrons. The van der Waals surface area contributed by atoms with Gasteiger partial charge in [0.2, 0.25) is 5.43 Å². The summed E-state index contributed by atoms with van der Waals surface area (Å²) in [6.45, 7) is 0.343. The van der Waals surface area contributed by atoms with E-state index < -0.39 is 17.4 Å². The highest BCUT2D eigenvalue weighted by molar-refractivity contribution is 5.91. The molecule has 2 aromatic carbocycles. The number of hydrogen-bond donors (Lipinski definition) is 0. The van der Waals surface area contributed by atoms with Gasteiger partial charge in [0.15, 0.2) is 0 Å². The molecular formula is C25H26O10. The van der Waals surface area contributed by atoms with Crippen LogP contribution in [0, 0.1) is 0 Å². The largest absolute Gasteiger partial charge is 0.463 e. The number of ether oxygens (including phenoxy) is 6. The standard InChI is InChI=1S/C25H26O10/c1-29-8-10-31-15-22(26)34-18-12-20-24(21(13-18)35-23(27)16-32-11-9-30-2)25(28)19(14-33-20)17-6-4-3-5-7-17/h3-7,12-14H,8-11,15-16H2,1-2H3. The number of benzene rings is 2. The second-order valence-corrected chi connectivity index (χ2v) is 7.18. The highest BCUT2D eigenvalue weighted by atomic mass is 16.6. The van der Waals surface area contributed by atoms with Crippen LogP contribution in [0.2, 0.25) is 0 Å². The molecule has 3 aromatic rings. The summed E-state index contributed by atoms with van der Waals surface area (Å²) in [5, 5.41) is 0.0211. The Kier molecular flexibility index (Phi) is 9.93. The minimum absolute atomic E-state index is 0.0107. The number of rotatable bonds is 13. The van der Waals surface area contributed by atoms with Gasteiger partial charge in [0.25, 0.3) is 0 Å². The van der Waals surface area contributed by atoms with Crippen LogP contribution in [0.1, 0.15) is 0 Å². The van der Waals surface area contributed by atoms with Crippen molar-refractivity contribution in [2.24, 2.45) is 0 Å². The fraction of sp³-hybridized carbons (Fsp3) is 0.320. The van der Waals surface area contributed by atoms with Crippen molar-refractivity contribution in [3.05, 3.63) is 59.0 Å². The van der Waals surface area contributed by atoms with Gasteiger partial charge in [-0.3, -0.25) is 4.79 Å². The Morgan fingerprint density at radius 1 is 0.829 bits per heavy atom. The average molecular weight is 486 g/mol. The second-order valence-electron chi connectivity index (χ2n) is 7.18. The zero-order chi connectivity index (χ0) is 25.0. The second kappa shape index (κ2) is 13.4. The minimum atomic E-state index is -0.752. The molecular weight excluding hydrogens is 460 g/mol. The van der Waals surface area contributed by atoms with E-state index in [2.05, 4.69) is 0 Å². The van der Waals surface area contributed by atoms with Gasteiger partial charge in [0.05, 0.1) is 32.0 Å². The van der Waals surface area contributed by atoms with Crippen LogP contribution in [0.5, 0.6) is 11.5 Å². The fourth-order valence-corrected chi connectivity index (χ4v) is 3.06. The number of fused-ring (bicyclic) bond motifs is 1. The third-order valence-electron chi connectivity index (χ3n) is 4.66. The fourth-order valence-electron chi connectivity index (χ4n) is 3.06. The van der Waals surface area contributed by atoms with Crippen LogP contribution in [0.3, 0.4) is 0 Å². The van der Waals surface area contributed by atoms with Gasteiger partial charge in [0, 0.05) is 26.4 Å². The van der Waals surface area contributed by atoms with E-state index in [1.54, 1.807) is 24.3 Å². The third-order valence-corrected chi connectivity index (χ3v) is 4.66. The van der Waals surface area contributed by atoms with Gasteiger partial charge in [-0.25, -0.2) is 9.59 Å². The highest BCUT2D eigenvalue weighted by Gasteiger charge is 2.19. The molecule has 3 rings (SSSR count). The molecule has 0 aliphatic carbocycles. The van der Waals surface area contributed by atoms with Gasteiger partial charge in [-0.2, -0.15) is 0 Å². The van der Waals surface area contributed by atoms with Crippen molar-refractivity contribution in [2.45, 2.75) is 0 Å². The Hall–Kier alpha value is -3.57. The van der Waals surface area contributed by atoms with Crippen LogP contribution in [0.25, 0.3) is 22.1 Å². The van der Waals surface area contributed by atoms with Crippen molar-refractivity contribution in [1.82, 2.24) is 0 Å². The first-order valence-electron chi connectivity index (χ1n) is 10.7. The Labute approximate surface area is 201 Å². The molecule has 0 saturated heterocycles. The molecule has 1 heterocycles. The number of methoxy groups -OCH3 is 2. The Bertz CT molecular complexity index is 1190. The average Bonchev–Trinajstić information content (AvgIpc) is 2.85. The highest BCUT2D eigenvalue weighted by Crippen LogP contribution is 2.31. The van der Waals surface area contributed by atoms with E-state index in [0.29, 0.717) is 18.8 Å². The Balaban J connectivity index is 1.92. The van der Waals surface area contributed by atoms with Crippen LogP contribution in [-0.2, 0) is 28.5 Å². The zero-order valence-electron chi connectivity index (χ0n) is 19.4. The van der Waals surface area contributed by atoms with Crippen LogP contribution < -0.4 is 14.9 Å². The quantitative estimate of drug-likeness (QED) is 0.203. The molecule has 0 aliphatic rings. The van der Waals surface area contributed by atoms with E-state index in [4.69, 9.17) is 32.8 Å². The third kappa shape index (κ3) is 7.46. The number of carbonyl (C=O) groups excluding carboxylic acids is 2. The van der Waals surface area contributed by atoms with E-state index in [-0.39, 0.29) is 54.5 Å². The van der Waals surface area contributed by atoms with Crippen molar-refractivity contribution in [1.29, 1.82) is 0 Å². The number of hydrogen-bond acceptors (Lipinski definition) is 10. The van der Waals surface area contributed by atoms with Crippen molar-refractivity contribution in [3.8, 4) is 22.6 Å². The maximum atomic E-state index is 13.3. The first kappa shape index (κ1) is 26.0. The minimum Gasteiger partial charge on any atom is -0.463 e. The number of esters is 2. The summed E-state index contributed by atoms with van der Waals surface area (Å²) < 4.78 is 36.4. The zero-order valence-corrected chi connectivity index (χ0v) is 19.4. The monoisotopic (exact) mass is 486 g/mol. The Morgan fingerprint density at radius 2 is 1.46 bits per heavy atom. The lowest BCUT2D eigenvalue weighted by Gasteiger charge is -2.12. The van der Waals surface area contributed by atoms with Gasteiger partial charge >= 0.3 is 11.9 Å². The molecule has 0 unspecified atom stereocenters. The predicted octanol–water partition coefficient (Wildman–Crippen LogP) is 2.60. The molecule has 0 spiro atoms. The van der Waals surface area contributed by atoms with Crippen LogP contribution in [0.4, 0.5) is 0 Å². The van der Waals surface area contributed by atoms with E-state index in [1.807, 2.05) is 6.07 Å². The molecule has 0 atom stereocenters. The summed E-state index contributed by atoms with van der Waals surface area (Å²) in [4.78, 5) is 37.8. The van der Waals surface area contributed by atoms with Crippen molar-refractivity contribution >= 4 is 22.9 Å². The van der Waals surface area contributed by atoms with Crippen molar-refractivity contribution in [3.63, 3.8) is 0 Å². The normalized spacial score (nSPS) is 10.9. The lowest BCUT2D eigenvalue weighted by Crippen LogP contribution is -2.19. The maximum Gasteiger partial charge on any atom is 0.337 e. The SMILES string of the molecule is COCCOCC(=O)Oc1cc(OC(=O)COCCOC)c2c(=O)c(-c3ccccc3)coc2c1. The topological polar surface area (TPSA) is 120 Å². The van der Waals surface area contributed by atoms with Crippen molar-refractivity contribution in [2.75, 3.05) is 53.9 Å². The summed E-state index contributed by atoms with van der Waals surface area (Å²) in [6, 6.07) is 11.5. The Morgan fingerprint density at radius 3 is 2.09 bits per heavy atom. The van der Waals surface area contributed by atoms with Gasteiger partial charge in [-0.1, -0.05) is 30.3 Å². The molecule has 0 fully saturated rings. The molecule has 0 radical (unpaired) electrons. The first-order valence-corrected chi connectivity index (χ1v) is 10.7. The van der Waals surface area contributed by atoms with Crippen LogP contribution in [0.15, 0.2) is 57.9 Å². The summed E-state index contributed by atoms with van der Waals surface area (Å²) in [5.74, 6) is -1.56. The van der Waals surface area contributed by atoms with Gasteiger partial charge in [-0.05, 0) is 5.56 Å². The molecule has 0 amide bonds. The molecule has 0 saturated carbocycles. The van der Waals surface area contributed by atoms with E-state index in [9.17, 15) is 14.4 Å². The molecule has 0 aliphatic heterocycles. The van der Waals surface area contributed by atoms with E-state index in [1.165, 1.54) is 32.6 Å². The maximum absolute atomic E-state index is 13.3. The lowest BCUT2D eigenvalue weighted by molar-refractivity contribution is -0.140. The lowest BCUT2D eigenvalue weighted by atomic mass is 10.1. The van der Waals surface area contributed by atoms with Crippen molar-refractivity contribution < 1.29 is 42.4 Å². The van der Waals surface area contributed by atoms with Gasteiger partial charge in [-0.15, -0.1) is 0 Å². The first-order chi connectivity index (χ1) is 17.0. The number of carbonyl (C=O) groups is 2. The summed E-state index contributed by atoms with van der Waals surface area (Å²) in [7, 11) is 3.02. The van der Waals surface area contributed by atoms with Crippen LogP contribution >= 0.6 is 0 Å². The molecule has 35 heavy (non-hydrogen) atoms. The molecule has 0 bridgehead atoms. The van der Waals surface area contributed by atoms with Gasteiger partial charge in [0.1, 0.15) is 41.9 Å². The van der Waals surface area contributed by atoms with Gasteiger partial charge < -0.3 is 32.8 Å². The summed E-state index contributed by atoms with van der Waals surface area (Å²) in [5.41, 5.74) is 0.569.